The van der Waals surface area contributed by atoms with E-state index in [1.54, 1.807) is 6.07 Å². The van der Waals surface area contributed by atoms with Gasteiger partial charge in [-0.2, -0.15) is 0 Å². The standard InChI is InChI=1S/C16H23FN2O/c1-11(2)19-8-4-7-18-10-16-12(3)14-9-13(17)5-6-15(14)20-16/h5-6,9,11,18-19H,4,7-8,10H2,1-3H3. The third-order valence-electron chi connectivity index (χ3n) is 3.37. The van der Waals surface area contributed by atoms with Gasteiger partial charge in [0.1, 0.15) is 17.2 Å². The van der Waals surface area contributed by atoms with Gasteiger partial charge in [0, 0.05) is 11.4 Å². The predicted molar refractivity (Wildman–Crippen MR) is 80.4 cm³/mol. The van der Waals surface area contributed by atoms with E-state index in [-0.39, 0.29) is 5.82 Å². The van der Waals surface area contributed by atoms with E-state index in [4.69, 9.17) is 4.42 Å². The van der Waals surface area contributed by atoms with Crippen LogP contribution in [0.15, 0.2) is 22.6 Å². The molecule has 0 amide bonds. The molecule has 0 aliphatic heterocycles. The number of halogens is 1. The van der Waals surface area contributed by atoms with E-state index in [1.807, 2.05) is 6.92 Å². The van der Waals surface area contributed by atoms with Gasteiger partial charge >= 0.3 is 0 Å². The van der Waals surface area contributed by atoms with Gasteiger partial charge in [0.2, 0.25) is 0 Å². The summed E-state index contributed by atoms with van der Waals surface area (Å²) in [5.41, 5.74) is 1.77. The molecule has 0 aliphatic carbocycles. The molecule has 2 N–H and O–H groups in total. The van der Waals surface area contributed by atoms with Crippen LogP contribution < -0.4 is 10.6 Å². The van der Waals surface area contributed by atoms with Crippen LogP contribution >= 0.6 is 0 Å². The molecule has 0 saturated carbocycles. The molecule has 3 nitrogen and oxygen atoms in total. The minimum Gasteiger partial charge on any atom is -0.459 e. The molecule has 1 aromatic carbocycles. The largest absolute Gasteiger partial charge is 0.459 e. The lowest BCUT2D eigenvalue weighted by molar-refractivity contribution is 0.495. The Bertz CT molecular complexity index is 563. The number of nitrogens with one attached hydrogen (secondary N) is 2. The van der Waals surface area contributed by atoms with Crippen molar-refractivity contribution in [3.8, 4) is 0 Å². The van der Waals surface area contributed by atoms with Crippen LogP contribution in [0.1, 0.15) is 31.6 Å². The van der Waals surface area contributed by atoms with Gasteiger partial charge in [0.15, 0.2) is 0 Å². The smallest absolute Gasteiger partial charge is 0.134 e. The Morgan fingerprint density at radius 1 is 1.25 bits per heavy atom. The molecule has 0 saturated heterocycles. The molecule has 0 unspecified atom stereocenters. The van der Waals surface area contributed by atoms with Gasteiger partial charge in [0.25, 0.3) is 0 Å². The normalized spacial score (nSPS) is 11.7. The Hall–Kier alpha value is -1.39. The number of hydrogen-bond donors (Lipinski definition) is 2. The first-order valence-electron chi connectivity index (χ1n) is 7.19. The summed E-state index contributed by atoms with van der Waals surface area (Å²) in [6, 6.07) is 5.18. The highest BCUT2D eigenvalue weighted by Crippen LogP contribution is 2.25. The van der Waals surface area contributed by atoms with Crippen LogP contribution in [0.25, 0.3) is 11.0 Å². The monoisotopic (exact) mass is 278 g/mol. The lowest BCUT2D eigenvalue weighted by atomic mass is 10.1. The Labute approximate surface area is 119 Å². The summed E-state index contributed by atoms with van der Waals surface area (Å²) in [4.78, 5) is 0. The lowest BCUT2D eigenvalue weighted by Crippen LogP contribution is -2.26. The summed E-state index contributed by atoms with van der Waals surface area (Å²) in [5, 5.41) is 7.61. The van der Waals surface area contributed by atoms with Crippen LogP contribution in [0.4, 0.5) is 4.39 Å². The lowest BCUT2D eigenvalue weighted by Gasteiger charge is -2.08. The minimum absolute atomic E-state index is 0.222. The molecule has 1 heterocycles. The number of aryl methyl sites for hydroxylation is 1. The van der Waals surface area contributed by atoms with Crippen molar-refractivity contribution in [2.45, 2.75) is 39.8 Å². The van der Waals surface area contributed by atoms with Crippen LogP contribution in [0.5, 0.6) is 0 Å². The summed E-state index contributed by atoms with van der Waals surface area (Å²) >= 11 is 0. The molecule has 0 spiro atoms. The Morgan fingerprint density at radius 2 is 2.05 bits per heavy atom. The van der Waals surface area contributed by atoms with Crippen LogP contribution in [-0.2, 0) is 6.54 Å². The summed E-state index contributed by atoms with van der Waals surface area (Å²) in [7, 11) is 0. The van der Waals surface area contributed by atoms with Crippen molar-refractivity contribution >= 4 is 11.0 Å². The second kappa shape index (κ2) is 6.86. The molecule has 2 rings (SSSR count). The van der Waals surface area contributed by atoms with Gasteiger partial charge in [-0.25, -0.2) is 4.39 Å². The quantitative estimate of drug-likeness (QED) is 0.763. The summed E-state index contributed by atoms with van der Waals surface area (Å²) in [5.74, 6) is 0.670. The number of fused-ring (bicyclic) bond motifs is 1. The van der Waals surface area contributed by atoms with E-state index < -0.39 is 0 Å². The van der Waals surface area contributed by atoms with Gasteiger partial charge in [-0.1, -0.05) is 13.8 Å². The maximum atomic E-state index is 13.2. The second-order valence-electron chi connectivity index (χ2n) is 5.43. The van der Waals surface area contributed by atoms with E-state index >= 15 is 0 Å². The van der Waals surface area contributed by atoms with Gasteiger partial charge in [0.05, 0.1) is 6.54 Å². The zero-order valence-electron chi connectivity index (χ0n) is 12.4. The highest BCUT2D eigenvalue weighted by molar-refractivity contribution is 5.82. The van der Waals surface area contributed by atoms with Crippen molar-refractivity contribution in [3.05, 3.63) is 35.3 Å². The maximum absolute atomic E-state index is 13.2. The Balaban J connectivity index is 1.86. The summed E-state index contributed by atoms with van der Waals surface area (Å²) in [6.45, 7) is 8.89. The van der Waals surface area contributed by atoms with Crippen molar-refractivity contribution < 1.29 is 8.81 Å². The fraction of sp³-hybridized carbons (Fsp3) is 0.500. The number of hydrogen-bond acceptors (Lipinski definition) is 3. The van der Waals surface area contributed by atoms with Gasteiger partial charge in [-0.05, 0) is 50.2 Å². The third-order valence-corrected chi connectivity index (χ3v) is 3.37. The van der Waals surface area contributed by atoms with Crippen LogP contribution in [0.3, 0.4) is 0 Å². The van der Waals surface area contributed by atoms with E-state index in [2.05, 4.69) is 24.5 Å². The van der Waals surface area contributed by atoms with Crippen molar-refractivity contribution in [2.24, 2.45) is 0 Å². The SMILES string of the molecule is Cc1c(CNCCCNC(C)C)oc2ccc(F)cc12. The number of rotatable bonds is 7. The van der Waals surface area contributed by atoms with Crippen molar-refractivity contribution in [1.82, 2.24) is 10.6 Å². The molecule has 0 fully saturated rings. The van der Waals surface area contributed by atoms with Gasteiger partial charge in [-0.3, -0.25) is 0 Å². The average Bonchev–Trinajstić information content (AvgIpc) is 2.70. The van der Waals surface area contributed by atoms with E-state index in [0.29, 0.717) is 12.6 Å². The molecule has 1 aromatic heterocycles. The predicted octanol–water partition coefficient (Wildman–Crippen LogP) is 3.36. The molecule has 0 bridgehead atoms. The van der Waals surface area contributed by atoms with Crippen molar-refractivity contribution in [2.75, 3.05) is 13.1 Å². The highest BCUT2D eigenvalue weighted by atomic mass is 19.1. The number of furan rings is 1. The first kappa shape index (κ1) is 15.0. The summed E-state index contributed by atoms with van der Waals surface area (Å²) < 4.78 is 19.0. The first-order valence-corrected chi connectivity index (χ1v) is 7.19. The van der Waals surface area contributed by atoms with Gasteiger partial charge in [-0.15, -0.1) is 0 Å². The molecule has 110 valence electrons. The Morgan fingerprint density at radius 3 is 2.80 bits per heavy atom. The summed E-state index contributed by atoms with van der Waals surface area (Å²) in [6.07, 6.45) is 1.08. The zero-order chi connectivity index (χ0) is 14.5. The van der Waals surface area contributed by atoms with Crippen LogP contribution in [0.2, 0.25) is 0 Å². The highest BCUT2D eigenvalue weighted by Gasteiger charge is 2.10. The minimum atomic E-state index is -0.222. The second-order valence-corrected chi connectivity index (χ2v) is 5.43. The molecular weight excluding hydrogens is 255 g/mol. The van der Waals surface area contributed by atoms with Crippen LogP contribution in [-0.4, -0.2) is 19.1 Å². The topological polar surface area (TPSA) is 37.2 Å². The van der Waals surface area contributed by atoms with Gasteiger partial charge < -0.3 is 15.1 Å². The molecule has 2 aromatic rings. The molecular formula is C16H23FN2O. The maximum Gasteiger partial charge on any atom is 0.134 e. The van der Waals surface area contributed by atoms with E-state index in [9.17, 15) is 4.39 Å². The average molecular weight is 278 g/mol. The molecule has 4 heteroatoms. The molecule has 0 atom stereocenters. The third kappa shape index (κ3) is 3.81. The molecule has 0 radical (unpaired) electrons. The Kier molecular flexibility index (Phi) is 5.15. The molecule has 20 heavy (non-hydrogen) atoms. The first-order chi connectivity index (χ1) is 9.58. The zero-order valence-corrected chi connectivity index (χ0v) is 12.4. The van der Waals surface area contributed by atoms with Crippen molar-refractivity contribution in [3.63, 3.8) is 0 Å². The van der Waals surface area contributed by atoms with E-state index in [0.717, 1.165) is 41.8 Å². The van der Waals surface area contributed by atoms with Crippen LogP contribution in [0, 0.1) is 12.7 Å². The number of benzene rings is 1. The van der Waals surface area contributed by atoms with Crippen molar-refractivity contribution in [1.29, 1.82) is 0 Å². The fourth-order valence-corrected chi connectivity index (χ4v) is 2.22. The fourth-order valence-electron chi connectivity index (χ4n) is 2.22. The molecule has 0 aliphatic rings. The van der Waals surface area contributed by atoms with E-state index in [1.165, 1.54) is 12.1 Å².